The lowest BCUT2D eigenvalue weighted by Crippen LogP contribution is -2.16. The summed E-state index contributed by atoms with van der Waals surface area (Å²) in [5.41, 5.74) is 0.773. The van der Waals surface area contributed by atoms with Gasteiger partial charge in [0.05, 0.1) is 18.7 Å². The Morgan fingerprint density at radius 2 is 2.38 bits per heavy atom. The largest absolute Gasteiger partial charge is 0.465 e. The predicted octanol–water partition coefficient (Wildman–Crippen LogP) is 3.68. The minimum atomic E-state index is -0.189. The van der Waals surface area contributed by atoms with Gasteiger partial charge < -0.3 is 9.47 Å². The van der Waals surface area contributed by atoms with E-state index in [1.807, 2.05) is 19.2 Å². The Balaban J connectivity index is 1.75. The number of thiazole rings is 1. The number of esters is 1. The van der Waals surface area contributed by atoms with Crippen LogP contribution in [0.1, 0.15) is 49.9 Å². The van der Waals surface area contributed by atoms with Crippen LogP contribution in [0, 0.1) is 5.92 Å². The van der Waals surface area contributed by atoms with Crippen molar-refractivity contribution in [3.05, 3.63) is 28.2 Å². The molecule has 0 spiro atoms. The third-order valence-electron chi connectivity index (χ3n) is 3.52. The van der Waals surface area contributed by atoms with Gasteiger partial charge in [-0.05, 0) is 39.0 Å². The molecule has 0 saturated heterocycles. The topological polar surface area (TPSA) is 48.4 Å². The molecule has 116 valence electrons. The molecule has 0 bridgehead atoms. The standard InChI is InChI=1S/C16H23NO3S/c1-3-19-12(2)16-17-14(11-21-16)9-15(18)20-10-13-7-5-4-6-8-13/h4-5,11-13H,3,6-10H2,1-2H3. The van der Waals surface area contributed by atoms with Crippen LogP contribution >= 0.6 is 11.3 Å². The van der Waals surface area contributed by atoms with Crippen molar-refractivity contribution in [1.29, 1.82) is 0 Å². The molecule has 0 radical (unpaired) electrons. The van der Waals surface area contributed by atoms with Gasteiger partial charge in [-0.15, -0.1) is 11.3 Å². The summed E-state index contributed by atoms with van der Waals surface area (Å²) in [5.74, 6) is 0.286. The number of carbonyl (C=O) groups excluding carboxylic acids is 1. The van der Waals surface area contributed by atoms with Crippen LogP contribution in [0.15, 0.2) is 17.5 Å². The van der Waals surface area contributed by atoms with Crippen molar-refractivity contribution in [2.24, 2.45) is 5.92 Å². The van der Waals surface area contributed by atoms with Crippen LogP contribution in [0.3, 0.4) is 0 Å². The fourth-order valence-electron chi connectivity index (χ4n) is 2.33. The maximum Gasteiger partial charge on any atom is 0.311 e. The molecule has 1 aromatic rings. The van der Waals surface area contributed by atoms with Crippen LogP contribution < -0.4 is 0 Å². The van der Waals surface area contributed by atoms with Crippen molar-refractivity contribution in [1.82, 2.24) is 4.98 Å². The molecule has 0 N–H and O–H groups in total. The Labute approximate surface area is 130 Å². The summed E-state index contributed by atoms with van der Waals surface area (Å²) in [6.07, 6.45) is 7.80. The Bertz CT molecular complexity index is 484. The van der Waals surface area contributed by atoms with Crippen molar-refractivity contribution in [2.75, 3.05) is 13.2 Å². The van der Waals surface area contributed by atoms with Crippen molar-refractivity contribution >= 4 is 17.3 Å². The minimum absolute atomic E-state index is 0.0150. The Kier molecular flexibility index (Phi) is 6.39. The highest BCUT2D eigenvalue weighted by Gasteiger charge is 2.15. The molecule has 1 aromatic heterocycles. The molecule has 5 heteroatoms. The predicted molar refractivity (Wildman–Crippen MR) is 83.3 cm³/mol. The van der Waals surface area contributed by atoms with Crippen LogP contribution in [0.4, 0.5) is 0 Å². The lowest BCUT2D eigenvalue weighted by Gasteiger charge is -2.17. The van der Waals surface area contributed by atoms with Crippen molar-refractivity contribution in [2.45, 2.75) is 45.6 Å². The van der Waals surface area contributed by atoms with E-state index in [0.29, 0.717) is 19.1 Å². The van der Waals surface area contributed by atoms with Gasteiger partial charge in [-0.2, -0.15) is 0 Å². The highest BCUT2D eigenvalue weighted by molar-refractivity contribution is 7.09. The van der Waals surface area contributed by atoms with E-state index in [0.717, 1.165) is 30.0 Å². The number of carbonyl (C=O) groups is 1. The number of hydrogen-bond donors (Lipinski definition) is 0. The summed E-state index contributed by atoms with van der Waals surface area (Å²) in [4.78, 5) is 16.3. The Hall–Kier alpha value is -1.20. The maximum absolute atomic E-state index is 11.9. The third kappa shape index (κ3) is 5.25. The first kappa shape index (κ1) is 16.2. The highest BCUT2D eigenvalue weighted by Crippen LogP contribution is 2.22. The van der Waals surface area contributed by atoms with Gasteiger partial charge in [0, 0.05) is 12.0 Å². The first-order valence-electron chi connectivity index (χ1n) is 7.55. The van der Waals surface area contributed by atoms with Crippen molar-refractivity contribution in [3.63, 3.8) is 0 Å². The summed E-state index contributed by atoms with van der Waals surface area (Å²) < 4.78 is 10.9. The monoisotopic (exact) mass is 309 g/mol. The smallest absolute Gasteiger partial charge is 0.311 e. The molecule has 0 fully saturated rings. The molecule has 0 aromatic carbocycles. The first-order chi connectivity index (χ1) is 10.2. The first-order valence-corrected chi connectivity index (χ1v) is 8.43. The minimum Gasteiger partial charge on any atom is -0.465 e. The molecule has 0 amide bonds. The lowest BCUT2D eigenvalue weighted by atomic mass is 9.95. The summed E-state index contributed by atoms with van der Waals surface area (Å²) in [6.45, 7) is 5.12. The van der Waals surface area contributed by atoms with Gasteiger partial charge in [-0.25, -0.2) is 4.98 Å². The Morgan fingerprint density at radius 3 is 3.10 bits per heavy atom. The fraction of sp³-hybridized carbons (Fsp3) is 0.625. The number of nitrogens with zero attached hydrogens (tertiary/aromatic N) is 1. The number of hydrogen-bond acceptors (Lipinski definition) is 5. The average molecular weight is 309 g/mol. The van der Waals surface area contributed by atoms with E-state index in [2.05, 4.69) is 17.1 Å². The van der Waals surface area contributed by atoms with Crippen LogP contribution in [0.5, 0.6) is 0 Å². The van der Waals surface area contributed by atoms with E-state index < -0.39 is 0 Å². The highest BCUT2D eigenvalue weighted by atomic mass is 32.1. The molecule has 2 atom stereocenters. The van der Waals surface area contributed by atoms with Crippen LogP contribution in [0.25, 0.3) is 0 Å². The van der Waals surface area contributed by atoms with E-state index in [4.69, 9.17) is 9.47 Å². The zero-order valence-corrected chi connectivity index (χ0v) is 13.5. The zero-order chi connectivity index (χ0) is 15.1. The number of ether oxygens (including phenoxy) is 2. The second-order valence-corrected chi connectivity index (χ2v) is 6.17. The summed E-state index contributed by atoms with van der Waals surface area (Å²) in [7, 11) is 0. The molecule has 1 heterocycles. The van der Waals surface area contributed by atoms with Gasteiger partial charge in [0.25, 0.3) is 0 Å². The quantitative estimate of drug-likeness (QED) is 0.569. The summed E-state index contributed by atoms with van der Waals surface area (Å²) >= 11 is 1.53. The molecule has 4 nitrogen and oxygen atoms in total. The molecule has 2 rings (SSSR count). The van der Waals surface area contributed by atoms with E-state index in [9.17, 15) is 4.79 Å². The third-order valence-corrected chi connectivity index (χ3v) is 4.57. The van der Waals surface area contributed by atoms with Gasteiger partial charge in [-0.3, -0.25) is 4.79 Å². The second kappa shape index (κ2) is 8.29. The lowest BCUT2D eigenvalue weighted by molar-refractivity contribution is -0.144. The molecule has 0 saturated carbocycles. The van der Waals surface area contributed by atoms with Crippen LogP contribution in [0.2, 0.25) is 0 Å². The van der Waals surface area contributed by atoms with Gasteiger partial charge in [0.15, 0.2) is 0 Å². The fourth-order valence-corrected chi connectivity index (χ4v) is 3.15. The average Bonchev–Trinajstić information content (AvgIpc) is 2.95. The number of aromatic nitrogens is 1. The molecule has 1 aliphatic carbocycles. The molecule has 0 aliphatic heterocycles. The molecular weight excluding hydrogens is 286 g/mol. The van der Waals surface area contributed by atoms with Gasteiger partial charge in [0.2, 0.25) is 0 Å². The summed E-state index contributed by atoms with van der Waals surface area (Å²) in [6, 6.07) is 0. The second-order valence-electron chi connectivity index (χ2n) is 5.28. The van der Waals surface area contributed by atoms with Crippen molar-refractivity contribution in [3.8, 4) is 0 Å². The number of rotatable bonds is 7. The molecule has 1 aliphatic rings. The van der Waals surface area contributed by atoms with E-state index in [-0.39, 0.29) is 18.5 Å². The SMILES string of the molecule is CCOC(C)c1nc(CC(=O)OCC2CC=CCC2)cs1. The normalized spacial score (nSPS) is 19.4. The van der Waals surface area contributed by atoms with Crippen LogP contribution in [-0.2, 0) is 20.7 Å². The van der Waals surface area contributed by atoms with E-state index in [1.165, 1.54) is 11.3 Å². The summed E-state index contributed by atoms with van der Waals surface area (Å²) in [5, 5.41) is 2.83. The molecule has 21 heavy (non-hydrogen) atoms. The molecule has 2 unspecified atom stereocenters. The van der Waals surface area contributed by atoms with Crippen molar-refractivity contribution < 1.29 is 14.3 Å². The molecular formula is C16H23NO3S. The van der Waals surface area contributed by atoms with E-state index >= 15 is 0 Å². The maximum atomic E-state index is 11.9. The zero-order valence-electron chi connectivity index (χ0n) is 12.7. The van der Waals surface area contributed by atoms with E-state index in [1.54, 1.807) is 0 Å². The Morgan fingerprint density at radius 1 is 1.52 bits per heavy atom. The number of allylic oxidation sites excluding steroid dienone is 2. The van der Waals surface area contributed by atoms with Gasteiger partial charge >= 0.3 is 5.97 Å². The van der Waals surface area contributed by atoms with Crippen LogP contribution in [-0.4, -0.2) is 24.2 Å². The van der Waals surface area contributed by atoms with Gasteiger partial charge in [-0.1, -0.05) is 12.2 Å². The van der Waals surface area contributed by atoms with Gasteiger partial charge in [0.1, 0.15) is 11.1 Å².